The molecular weight excluding hydrogens is 396 g/mol. The van der Waals surface area contributed by atoms with E-state index in [1.165, 1.54) is 6.07 Å². The Morgan fingerprint density at radius 2 is 2.00 bits per heavy atom. The Bertz CT molecular complexity index is 607. The highest BCUT2D eigenvalue weighted by Crippen LogP contribution is 2.49. The van der Waals surface area contributed by atoms with Gasteiger partial charge in [-0.2, -0.15) is 8.78 Å². The number of carbonyl (C=O) groups excluding carboxylic acids is 1. The van der Waals surface area contributed by atoms with Crippen molar-refractivity contribution in [2.45, 2.75) is 31.6 Å². The van der Waals surface area contributed by atoms with Gasteiger partial charge in [0.15, 0.2) is 0 Å². The molecule has 1 aliphatic rings. The van der Waals surface area contributed by atoms with Gasteiger partial charge in [-0.15, -0.1) is 0 Å². The maximum atomic E-state index is 14.2. The molecule has 0 aliphatic carbocycles. The Morgan fingerprint density at radius 1 is 1.36 bits per heavy atom. The van der Waals surface area contributed by atoms with Gasteiger partial charge in [0, 0.05) is 19.2 Å². The Labute approximate surface area is 142 Å². The van der Waals surface area contributed by atoms with Crippen LogP contribution in [0.5, 0.6) is 0 Å². The van der Waals surface area contributed by atoms with E-state index < -0.39 is 25.5 Å². The van der Waals surface area contributed by atoms with Gasteiger partial charge in [0.05, 0.1) is 16.3 Å². The molecule has 0 spiro atoms. The lowest BCUT2D eigenvalue weighted by Crippen LogP contribution is -2.36. The van der Waals surface area contributed by atoms with E-state index >= 15 is 0 Å². The Balaban J connectivity index is 2.18. The largest absolute Gasteiger partial charge is 0.361 e. The third-order valence-electron chi connectivity index (χ3n) is 3.41. The third kappa shape index (κ3) is 3.37. The van der Waals surface area contributed by atoms with E-state index in [2.05, 4.69) is 35.6 Å². The van der Waals surface area contributed by atoms with Crippen LogP contribution < -0.4 is 4.90 Å². The smallest absolute Gasteiger partial charge is 0.353 e. The molecule has 0 radical (unpaired) electrons. The summed E-state index contributed by atoms with van der Waals surface area (Å²) in [7, 11) is -1.27. The van der Waals surface area contributed by atoms with E-state index in [9.17, 15) is 13.6 Å². The van der Waals surface area contributed by atoms with Crippen LogP contribution in [0.15, 0.2) is 16.6 Å². The van der Waals surface area contributed by atoms with E-state index in [1.807, 2.05) is 0 Å². The fourth-order valence-electron chi connectivity index (χ4n) is 2.11. The van der Waals surface area contributed by atoms with Gasteiger partial charge in [0.1, 0.15) is 6.73 Å². The lowest BCUT2D eigenvalue weighted by molar-refractivity contribution is -0.142. The number of carbonyl (C=O) groups is 1. The van der Waals surface area contributed by atoms with Crippen molar-refractivity contribution in [2.75, 3.05) is 18.2 Å². The van der Waals surface area contributed by atoms with E-state index in [0.29, 0.717) is 11.1 Å². The number of nitrogens with zero attached hydrogens (tertiary/aromatic N) is 1. The zero-order valence-electron chi connectivity index (χ0n) is 12.6. The number of anilines is 1. The van der Waals surface area contributed by atoms with Crippen LogP contribution in [-0.2, 0) is 15.5 Å². The summed E-state index contributed by atoms with van der Waals surface area (Å²) in [5, 5.41) is -0.138. The summed E-state index contributed by atoms with van der Waals surface area (Å²) in [6.45, 7) is 6.84. The number of benzene rings is 1. The van der Waals surface area contributed by atoms with Crippen molar-refractivity contribution in [1.29, 1.82) is 0 Å². The molecule has 0 N–H and O–H groups in total. The second-order valence-electron chi connectivity index (χ2n) is 6.41. The van der Waals surface area contributed by atoms with Crippen molar-refractivity contribution in [2.24, 2.45) is 0 Å². The first-order valence-corrected chi connectivity index (χ1v) is 11.7. The Morgan fingerprint density at radius 3 is 2.59 bits per heavy atom. The second kappa shape index (κ2) is 6.18. The zero-order chi connectivity index (χ0) is 16.7. The molecule has 0 unspecified atom stereocenters. The molecule has 1 aromatic rings. The van der Waals surface area contributed by atoms with Crippen molar-refractivity contribution < 1.29 is 18.3 Å². The highest BCUT2D eigenvalue weighted by atomic mass is 79.9. The van der Waals surface area contributed by atoms with Crippen LogP contribution in [0.25, 0.3) is 0 Å². The summed E-state index contributed by atoms with van der Waals surface area (Å²) in [4.78, 5) is 12.9. The first-order chi connectivity index (χ1) is 10.1. The number of ether oxygens (including phenoxy) is 1. The van der Waals surface area contributed by atoms with E-state index in [1.54, 1.807) is 6.07 Å². The fourth-order valence-corrected chi connectivity index (χ4v) is 3.48. The van der Waals surface area contributed by atoms with Crippen LogP contribution in [0.3, 0.4) is 0 Å². The summed E-state index contributed by atoms with van der Waals surface area (Å²) in [5.74, 6) is -4.92. The summed E-state index contributed by atoms with van der Waals surface area (Å²) in [5.41, 5.74) is -0.349. The Kier molecular flexibility index (Phi) is 5.02. The van der Waals surface area contributed by atoms with E-state index in [0.717, 1.165) is 10.9 Å². The summed E-state index contributed by atoms with van der Waals surface area (Å²) >= 11 is 9.04. The molecular formula is C14H17BrClF2NO2Si. The molecule has 1 amide bonds. The number of rotatable bonds is 5. The molecule has 3 nitrogen and oxygen atoms in total. The maximum Gasteiger partial charge on any atom is 0.353 e. The molecule has 0 fully saturated rings. The van der Waals surface area contributed by atoms with Crippen LogP contribution >= 0.6 is 27.5 Å². The van der Waals surface area contributed by atoms with Gasteiger partial charge in [-0.1, -0.05) is 31.2 Å². The topological polar surface area (TPSA) is 29.5 Å². The molecule has 1 aliphatic heterocycles. The minimum atomic E-state index is -3.63. The first-order valence-electron chi connectivity index (χ1n) is 6.82. The normalized spacial score (nSPS) is 17.0. The number of fused-ring (bicyclic) bond motifs is 1. The van der Waals surface area contributed by atoms with Gasteiger partial charge in [-0.3, -0.25) is 9.69 Å². The fraction of sp³-hybridized carbons (Fsp3) is 0.500. The molecule has 1 aromatic carbocycles. The van der Waals surface area contributed by atoms with E-state index in [4.69, 9.17) is 16.3 Å². The summed E-state index contributed by atoms with van der Waals surface area (Å²) in [6.07, 6.45) is 0. The van der Waals surface area contributed by atoms with Gasteiger partial charge in [-0.25, -0.2) is 0 Å². The lowest BCUT2D eigenvalue weighted by atomic mass is 10.1. The monoisotopic (exact) mass is 411 g/mol. The predicted octanol–water partition coefficient (Wildman–Crippen LogP) is 4.85. The Hall–Kier alpha value is -0.503. The summed E-state index contributed by atoms with van der Waals surface area (Å²) in [6, 6.07) is 3.90. The molecule has 0 bridgehead atoms. The molecule has 2 rings (SSSR count). The minimum absolute atomic E-state index is 0.108. The van der Waals surface area contributed by atoms with Crippen molar-refractivity contribution in [3.05, 3.63) is 27.2 Å². The van der Waals surface area contributed by atoms with Gasteiger partial charge in [-0.05, 0) is 34.1 Å². The van der Waals surface area contributed by atoms with Crippen LogP contribution in [0.1, 0.15) is 5.56 Å². The highest BCUT2D eigenvalue weighted by molar-refractivity contribution is 9.10. The quantitative estimate of drug-likeness (QED) is 0.511. The molecule has 0 atom stereocenters. The SMILES string of the molecule is C[Si](C)(C)CCOCN1C(=O)C(F)(F)c2c1ccc(Br)c2Cl. The van der Waals surface area contributed by atoms with Crippen LogP contribution in [0.4, 0.5) is 14.5 Å². The average molecular weight is 413 g/mol. The molecule has 0 aromatic heterocycles. The van der Waals surface area contributed by atoms with Crippen molar-refractivity contribution in [1.82, 2.24) is 0 Å². The average Bonchev–Trinajstić information content (AvgIpc) is 2.58. The molecule has 122 valence electrons. The van der Waals surface area contributed by atoms with Crippen molar-refractivity contribution in [3.8, 4) is 0 Å². The molecule has 1 heterocycles. The molecule has 0 saturated heterocycles. The van der Waals surface area contributed by atoms with Gasteiger partial charge in [0.25, 0.3) is 0 Å². The number of hydrogen-bond donors (Lipinski definition) is 0. The van der Waals surface area contributed by atoms with Gasteiger partial charge < -0.3 is 4.74 Å². The minimum Gasteiger partial charge on any atom is -0.361 e. The second-order valence-corrected chi connectivity index (χ2v) is 13.3. The number of halogens is 4. The maximum absolute atomic E-state index is 14.2. The number of amides is 1. The van der Waals surface area contributed by atoms with Crippen molar-refractivity contribution >= 4 is 47.2 Å². The van der Waals surface area contributed by atoms with Gasteiger partial charge >= 0.3 is 11.8 Å². The first kappa shape index (κ1) is 17.8. The summed E-state index contributed by atoms with van der Waals surface area (Å²) < 4.78 is 34.1. The number of alkyl halides is 2. The van der Waals surface area contributed by atoms with Gasteiger partial charge in [0.2, 0.25) is 0 Å². The van der Waals surface area contributed by atoms with Crippen LogP contribution in [0.2, 0.25) is 30.7 Å². The lowest BCUT2D eigenvalue weighted by Gasteiger charge is -2.20. The molecule has 0 saturated carbocycles. The third-order valence-corrected chi connectivity index (χ3v) is 6.39. The predicted molar refractivity (Wildman–Crippen MR) is 89.5 cm³/mol. The zero-order valence-corrected chi connectivity index (χ0v) is 15.9. The van der Waals surface area contributed by atoms with Crippen LogP contribution in [0, 0.1) is 0 Å². The van der Waals surface area contributed by atoms with E-state index in [-0.39, 0.29) is 17.4 Å². The van der Waals surface area contributed by atoms with Crippen LogP contribution in [-0.4, -0.2) is 27.3 Å². The number of hydrogen-bond acceptors (Lipinski definition) is 2. The highest BCUT2D eigenvalue weighted by Gasteiger charge is 2.54. The standard InChI is InChI=1S/C14H17BrClF2NO2Si/c1-22(2,3)7-6-21-8-19-10-5-4-9(15)12(16)11(10)14(17,18)13(19)20/h4-5H,6-8H2,1-3H3. The molecule has 22 heavy (non-hydrogen) atoms. The molecule has 8 heteroatoms. The van der Waals surface area contributed by atoms with Crippen molar-refractivity contribution in [3.63, 3.8) is 0 Å².